The Labute approximate surface area is 87.1 Å². The van der Waals surface area contributed by atoms with E-state index in [-0.39, 0.29) is 11.4 Å². The van der Waals surface area contributed by atoms with Crippen molar-refractivity contribution >= 4 is 11.7 Å². The molecule has 1 heterocycles. The number of carbonyl (C=O) groups is 1. The zero-order valence-electron chi connectivity index (χ0n) is 8.24. The Morgan fingerprint density at radius 3 is 2.60 bits per heavy atom. The molecule has 15 heavy (non-hydrogen) atoms. The minimum atomic E-state index is -1.02. The third-order valence-corrected chi connectivity index (χ3v) is 2.64. The molecule has 0 amide bonds. The zero-order chi connectivity index (χ0) is 10.8. The Hall–Kier alpha value is -1.58. The van der Waals surface area contributed by atoms with Gasteiger partial charge in [0.25, 0.3) is 0 Å². The molecule has 1 N–H and O–H groups in total. The Morgan fingerprint density at radius 2 is 2.00 bits per heavy atom. The standard InChI is InChI=1S/C11H12FNO2/c12-9-4-3-8(11(14)15)7-10(9)13-5-1-2-6-13/h3-4,7H,1-2,5-6H2,(H,14,15). The fraction of sp³-hybridized carbons (Fsp3) is 0.364. The summed E-state index contributed by atoms with van der Waals surface area (Å²) in [6.45, 7) is 1.61. The van der Waals surface area contributed by atoms with Crippen molar-refractivity contribution in [2.24, 2.45) is 0 Å². The van der Waals surface area contributed by atoms with Gasteiger partial charge in [-0.1, -0.05) is 0 Å². The lowest BCUT2D eigenvalue weighted by atomic mass is 10.2. The van der Waals surface area contributed by atoms with Crippen molar-refractivity contribution in [1.29, 1.82) is 0 Å². The maximum absolute atomic E-state index is 13.5. The maximum Gasteiger partial charge on any atom is 0.335 e. The molecular weight excluding hydrogens is 197 g/mol. The van der Waals surface area contributed by atoms with Crippen molar-refractivity contribution in [2.45, 2.75) is 12.8 Å². The number of benzene rings is 1. The fourth-order valence-electron chi connectivity index (χ4n) is 1.85. The Kier molecular flexibility index (Phi) is 2.58. The summed E-state index contributed by atoms with van der Waals surface area (Å²) >= 11 is 0. The van der Waals surface area contributed by atoms with Gasteiger partial charge in [-0.15, -0.1) is 0 Å². The molecule has 1 aromatic carbocycles. The number of carboxylic acids is 1. The van der Waals surface area contributed by atoms with Gasteiger partial charge in [0.05, 0.1) is 11.3 Å². The van der Waals surface area contributed by atoms with E-state index in [1.54, 1.807) is 0 Å². The van der Waals surface area contributed by atoms with Crippen LogP contribution in [0, 0.1) is 5.82 Å². The van der Waals surface area contributed by atoms with E-state index >= 15 is 0 Å². The van der Waals surface area contributed by atoms with Gasteiger partial charge >= 0.3 is 5.97 Å². The lowest BCUT2D eigenvalue weighted by Gasteiger charge is -2.18. The molecule has 0 spiro atoms. The minimum Gasteiger partial charge on any atom is -0.478 e. The molecule has 0 bridgehead atoms. The summed E-state index contributed by atoms with van der Waals surface area (Å²) < 4.78 is 13.5. The fourth-order valence-corrected chi connectivity index (χ4v) is 1.85. The summed E-state index contributed by atoms with van der Waals surface area (Å²) in [5, 5.41) is 8.80. The molecule has 0 aromatic heterocycles. The van der Waals surface area contributed by atoms with Crippen molar-refractivity contribution in [3.63, 3.8) is 0 Å². The highest BCUT2D eigenvalue weighted by Crippen LogP contribution is 2.24. The number of hydrogen-bond acceptors (Lipinski definition) is 2. The van der Waals surface area contributed by atoms with Crippen molar-refractivity contribution in [3.8, 4) is 0 Å². The molecule has 0 unspecified atom stereocenters. The van der Waals surface area contributed by atoms with Gasteiger partial charge < -0.3 is 10.0 Å². The van der Waals surface area contributed by atoms with E-state index in [0.29, 0.717) is 5.69 Å². The SMILES string of the molecule is O=C(O)c1ccc(F)c(N2CCCC2)c1. The number of hydrogen-bond donors (Lipinski definition) is 1. The Morgan fingerprint density at radius 1 is 1.33 bits per heavy atom. The summed E-state index contributed by atoms with van der Waals surface area (Å²) in [5.41, 5.74) is 0.547. The number of nitrogens with zero attached hydrogens (tertiary/aromatic N) is 1. The van der Waals surface area contributed by atoms with Crippen molar-refractivity contribution in [2.75, 3.05) is 18.0 Å². The van der Waals surface area contributed by atoms with Crippen molar-refractivity contribution < 1.29 is 14.3 Å². The Bertz CT molecular complexity index is 386. The largest absolute Gasteiger partial charge is 0.478 e. The topological polar surface area (TPSA) is 40.5 Å². The molecule has 0 aliphatic carbocycles. The number of anilines is 1. The molecule has 1 aliphatic heterocycles. The number of halogens is 1. The quantitative estimate of drug-likeness (QED) is 0.811. The van der Waals surface area contributed by atoms with Gasteiger partial charge in [-0.25, -0.2) is 9.18 Å². The average molecular weight is 209 g/mol. The molecule has 1 aromatic rings. The smallest absolute Gasteiger partial charge is 0.335 e. The van der Waals surface area contributed by atoms with E-state index in [1.807, 2.05) is 4.90 Å². The summed E-state index contributed by atoms with van der Waals surface area (Å²) in [6.07, 6.45) is 2.08. The second kappa shape index (κ2) is 3.88. The molecule has 3 nitrogen and oxygen atoms in total. The van der Waals surface area contributed by atoms with Crippen LogP contribution in [0.25, 0.3) is 0 Å². The summed E-state index contributed by atoms with van der Waals surface area (Å²) in [5.74, 6) is -1.36. The van der Waals surface area contributed by atoms with E-state index in [4.69, 9.17) is 5.11 Å². The van der Waals surface area contributed by atoms with Crippen LogP contribution in [0.2, 0.25) is 0 Å². The lowest BCUT2D eigenvalue weighted by Crippen LogP contribution is -2.19. The third-order valence-electron chi connectivity index (χ3n) is 2.64. The molecule has 2 rings (SSSR count). The predicted molar refractivity (Wildman–Crippen MR) is 54.8 cm³/mol. The van der Waals surface area contributed by atoms with E-state index < -0.39 is 5.97 Å². The first-order valence-corrected chi connectivity index (χ1v) is 4.96. The van der Waals surface area contributed by atoms with Crippen LogP contribution in [0.3, 0.4) is 0 Å². The molecular formula is C11H12FNO2. The third kappa shape index (κ3) is 1.93. The Balaban J connectivity index is 2.35. The highest BCUT2D eigenvalue weighted by atomic mass is 19.1. The second-order valence-corrected chi connectivity index (χ2v) is 3.67. The van der Waals surface area contributed by atoms with Gasteiger partial charge in [0.2, 0.25) is 0 Å². The molecule has 1 fully saturated rings. The van der Waals surface area contributed by atoms with Crippen LogP contribution < -0.4 is 4.90 Å². The van der Waals surface area contributed by atoms with Crippen molar-refractivity contribution in [1.82, 2.24) is 0 Å². The number of rotatable bonds is 2. The van der Waals surface area contributed by atoms with E-state index in [1.165, 1.54) is 18.2 Å². The molecule has 0 saturated carbocycles. The van der Waals surface area contributed by atoms with Crippen LogP contribution >= 0.6 is 0 Å². The van der Waals surface area contributed by atoms with Crippen LogP contribution in [0.15, 0.2) is 18.2 Å². The first-order valence-electron chi connectivity index (χ1n) is 4.96. The van der Waals surface area contributed by atoms with Crippen LogP contribution in [0.4, 0.5) is 10.1 Å². The molecule has 0 atom stereocenters. The van der Waals surface area contributed by atoms with Crippen LogP contribution in [-0.2, 0) is 0 Å². The summed E-state index contributed by atoms with van der Waals surface area (Å²) in [7, 11) is 0. The summed E-state index contributed by atoms with van der Waals surface area (Å²) in [6, 6.07) is 3.91. The lowest BCUT2D eigenvalue weighted by molar-refractivity contribution is 0.0697. The highest BCUT2D eigenvalue weighted by molar-refractivity contribution is 5.88. The molecule has 1 aliphatic rings. The molecule has 4 heteroatoms. The predicted octanol–water partition coefficient (Wildman–Crippen LogP) is 2.12. The zero-order valence-corrected chi connectivity index (χ0v) is 8.24. The minimum absolute atomic E-state index is 0.137. The first-order chi connectivity index (χ1) is 7.18. The molecule has 80 valence electrons. The first kappa shape index (κ1) is 9.96. The van der Waals surface area contributed by atoms with Crippen molar-refractivity contribution in [3.05, 3.63) is 29.6 Å². The van der Waals surface area contributed by atoms with E-state index in [2.05, 4.69) is 0 Å². The van der Waals surface area contributed by atoms with Gasteiger partial charge in [-0.3, -0.25) is 0 Å². The van der Waals surface area contributed by atoms with Gasteiger partial charge in [-0.05, 0) is 31.0 Å². The van der Waals surface area contributed by atoms with Crippen LogP contribution in [0.5, 0.6) is 0 Å². The van der Waals surface area contributed by atoms with Gasteiger partial charge in [0.15, 0.2) is 0 Å². The molecule has 0 radical (unpaired) electrons. The van der Waals surface area contributed by atoms with Gasteiger partial charge in [-0.2, -0.15) is 0 Å². The van der Waals surface area contributed by atoms with E-state index in [0.717, 1.165) is 25.9 Å². The average Bonchev–Trinajstić information content (AvgIpc) is 2.71. The normalized spacial score (nSPS) is 15.7. The number of aromatic carboxylic acids is 1. The van der Waals surface area contributed by atoms with E-state index in [9.17, 15) is 9.18 Å². The van der Waals surface area contributed by atoms with Gasteiger partial charge in [0.1, 0.15) is 5.82 Å². The van der Waals surface area contributed by atoms with Gasteiger partial charge in [0, 0.05) is 13.1 Å². The summed E-state index contributed by atoms with van der Waals surface area (Å²) in [4.78, 5) is 12.6. The van der Waals surface area contributed by atoms with Crippen LogP contribution in [-0.4, -0.2) is 24.2 Å². The monoisotopic (exact) mass is 209 g/mol. The van der Waals surface area contributed by atoms with Crippen LogP contribution in [0.1, 0.15) is 23.2 Å². The molecule has 1 saturated heterocycles. The number of carboxylic acid groups (broad SMARTS) is 1. The second-order valence-electron chi connectivity index (χ2n) is 3.67. The highest BCUT2D eigenvalue weighted by Gasteiger charge is 2.17. The maximum atomic E-state index is 13.5.